The molecule has 1 aliphatic heterocycles. The minimum Gasteiger partial charge on any atom is -0.339 e. The highest BCUT2D eigenvalue weighted by molar-refractivity contribution is 5.89. The summed E-state index contributed by atoms with van der Waals surface area (Å²) in [6.07, 6.45) is 3.33. The van der Waals surface area contributed by atoms with E-state index in [0.717, 1.165) is 30.6 Å². The predicted octanol–water partition coefficient (Wildman–Crippen LogP) is 2.54. The number of carbonyl (C=O) groups excluding carboxylic acids is 2. The van der Waals surface area contributed by atoms with Gasteiger partial charge in [0.05, 0.1) is 0 Å². The summed E-state index contributed by atoms with van der Waals surface area (Å²) >= 11 is 0. The molecule has 0 radical (unpaired) electrons. The molecule has 0 bridgehead atoms. The van der Waals surface area contributed by atoms with Gasteiger partial charge in [-0.2, -0.15) is 0 Å². The van der Waals surface area contributed by atoms with Crippen LogP contribution in [0.2, 0.25) is 0 Å². The van der Waals surface area contributed by atoms with E-state index in [1.807, 2.05) is 31.2 Å². The SMILES string of the molecule is C=CC(=O)N1CCCC(CNC(=O)Nc2ccc(C)cc2)C1. The molecule has 5 heteroatoms. The quantitative estimate of drug-likeness (QED) is 0.840. The number of benzene rings is 1. The Morgan fingerprint density at radius 1 is 1.36 bits per heavy atom. The second-order valence-corrected chi connectivity index (χ2v) is 5.70. The van der Waals surface area contributed by atoms with Crippen molar-refractivity contribution in [3.8, 4) is 0 Å². The first kappa shape index (κ1) is 16.1. The second kappa shape index (κ2) is 7.64. The average molecular weight is 301 g/mol. The maximum atomic E-state index is 11.9. The van der Waals surface area contributed by atoms with Gasteiger partial charge in [-0.1, -0.05) is 24.3 Å². The Morgan fingerprint density at radius 2 is 2.09 bits per heavy atom. The molecule has 1 saturated heterocycles. The van der Waals surface area contributed by atoms with Crippen molar-refractivity contribution in [2.45, 2.75) is 19.8 Å². The van der Waals surface area contributed by atoms with E-state index in [4.69, 9.17) is 0 Å². The first-order valence-corrected chi connectivity index (χ1v) is 7.61. The molecule has 2 rings (SSSR count). The molecule has 3 amide bonds. The molecule has 5 nitrogen and oxygen atoms in total. The number of likely N-dealkylation sites (tertiary alicyclic amines) is 1. The van der Waals surface area contributed by atoms with Crippen LogP contribution in [0.5, 0.6) is 0 Å². The molecule has 0 aromatic heterocycles. The predicted molar refractivity (Wildman–Crippen MR) is 87.7 cm³/mol. The van der Waals surface area contributed by atoms with Gasteiger partial charge < -0.3 is 15.5 Å². The smallest absolute Gasteiger partial charge is 0.319 e. The fourth-order valence-corrected chi connectivity index (χ4v) is 2.61. The number of hydrogen-bond acceptors (Lipinski definition) is 2. The van der Waals surface area contributed by atoms with Gasteiger partial charge in [0.15, 0.2) is 0 Å². The third-order valence-electron chi connectivity index (χ3n) is 3.87. The van der Waals surface area contributed by atoms with Gasteiger partial charge in [0.1, 0.15) is 0 Å². The lowest BCUT2D eigenvalue weighted by atomic mass is 9.98. The topological polar surface area (TPSA) is 61.4 Å². The van der Waals surface area contributed by atoms with E-state index in [9.17, 15) is 9.59 Å². The summed E-state index contributed by atoms with van der Waals surface area (Å²) in [5.41, 5.74) is 1.93. The van der Waals surface area contributed by atoms with Crippen LogP contribution in [0.1, 0.15) is 18.4 Å². The lowest BCUT2D eigenvalue weighted by molar-refractivity contribution is -0.127. The Kier molecular flexibility index (Phi) is 5.58. The molecule has 0 saturated carbocycles. The maximum Gasteiger partial charge on any atom is 0.319 e. The number of urea groups is 1. The molecule has 0 spiro atoms. The number of rotatable bonds is 4. The number of nitrogens with zero attached hydrogens (tertiary/aromatic N) is 1. The number of aryl methyl sites for hydroxylation is 1. The average Bonchev–Trinajstić information content (AvgIpc) is 2.54. The summed E-state index contributed by atoms with van der Waals surface area (Å²) in [5, 5.41) is 5.69. The Labute approximate surface area is 131 Å². The standard InChI is InChI=1S/C17H23N3O2/c1-3-16(21)20-10-4-5-14(12-20)11-18-17(22)19-15-8-6-13(2)7-9-15/h3,6-9,14H,1,4-5,10-12H2,2H3,(H2,18,19,22). The number of anilines is 1. The highest BCUT2D eigenvalue weighted by atomic mass is 16.2. The molecule has 1 fully saturated rings. The Morgan fingerprint density at radius 3 is 2.77 bits per heavy atom. The van der Waals surface area contributed by atoms with Crippen molar-refractivity contribution in [3.63, 3.8) is 0 Å². The van der Waals surface area contributed by atoms with E-state index >= 15 is 0 Å². The van der Waals surface area contributed by atoms with Crippen LogP contribution in [-0.4, -0.2) is 36.5 Å². The minimum absolute atomic E-state index is 0.0335. The van der Waals surface area contributed by atoms with Crippen LogP contribution in [-0.2, 0) is 4.79 Å². The second-order valence-electron chi connectivity index (χ2n) is 5.70. The van der Waals surface area contributed by atoms with Crippen LogP contribution in [0.25, 0.3) is 0 Å². The lowest BCUT2D eigenvalue weighted by Gasteiger charge is -2.32. The van der Waals surface area contributed by atoms with Crippen molar-refractivity contribution in [2.75, 3.05) is 25.0 Å². The number of amides is 3. The van der Waals surface area contributed by atoms with Crippen molar-refractivity contribution in [1.29, 1.82) is 0 Å². The third-order valence-corrected chi connectivity index (χ3v) is 3.87. The highest BCUT2D eigenvalue weighted by Gasteiger charge is 2.22. The van der Waals surface area contributed by atoms with E-state index in [0.29, 0.717) is 19.0 Å². The Bertz CT molecular complexity index is 539. The normalized spacial score (nSPS) is 17.7. The van der Waals surface area contributed by atoms with Gasteiger partial charge in [-0.15, -0.1) is 0 Å². The molecule has 0 aliphatic carbocycles. The maximum absolute atomic E-state index is 11.9. The zero-order chi connectivity index (χ0) is 15.9. The first-order chi connectivity index (χ1) is 10.6. The number of piperidine rings is 1. The van der Waals surface area contributed by atoms with E-state index in [1.165, 1.54) is 6.08 Å². The van der Waals surface area contributed by atoms with Gasteiger partial charge >= 0.3 is 6.03 Å². The summed E-state index contributed by atoms with van der Waals surface area (Å²) in [6.45, 7) is 7.54. The highest BCUT2D eigenvalue weighted by Crippen LogP contribution is 2.16. The molecule has 1 aliphatic rings. The van der Waals surface area contributed by atoms with Crippen LogP contribution >= 0.6 is 0 Å². The van der Waals surface area contributed by atoms with Gasteiger partial charge in [0.25, 0.3) is 0 Å². The summed E-state index contributed by atoms with van der Waals surface area (Å²) in [5.74, 6) is 0.259. The first-order valence-electron chi connectivity index (χ1n) is 7.61. The van der Waals surface area contributed by atoms with Crippen LogP contribution in [0.15, 0.2) is 36.9 Å². The van der Waals surface area contributed by atoms with Crippen LogP contribution in [0.4, 0.5) is 10.5 Å². The van der Waals surface area contributed by atoms with Crippen molar-refractivity contribution in [3.05, 3.63) is 42.5 Å². The zero-order valence-electron chi connectivity index (χ0n) is 13.0. The summed E-state index contributed by atoms with van der Waals surface area (Å²) in [7, 11) is 0. The van der Waals surface area contributed by atoms with Crippen molar-refractivity contribution in [1.82, 2.24) is 10.2 Å². The molecule has 1 atom stereocenters. The molecular formula is C17H23N3O2. The van der Waals surface area contributed by atoms with Crippen LogP contribution < -0.4 is 10.6 Å². The van der Waals surface area contributed by atoms with E-state index in [1.54, 1.807) is 4.90 Å². The van der Waals surface area contributed by atoms with Gasteiger partial charge in [-0.25, -0.2) is 4.79 Å². The Balaban J connectivity index is 1.77. The molecular weight excluding hydrogens is 278 g/mol. The lowest BCUT2D eigenvalue weighted by Crippen LogP contribution is -2.43. The van der Waals surface area contributed by atoms with Gasteiger partial charge in [-0.05, 0) is 43.9 Å². The molecule has 2 N–H and O–H groups in total. The Hall–Kier alpha value is -2.30. The largest absolute Gasteiger partial charge is 0.339 e. The fourth-order valence-electron chi connectivity index (χ4n) is 2.61. The molecule has 1 unspecified atom stereocenters. The number of carbonyl (C=O) groups is 2. The monoisotopic (exact) mass is 301 g/mol. The molecule has 118 valence electrons. The van der Waals surface area contributed by atoms with Gasteiger partial charge in [-0.3, -0.25) is 4.79 Å². The third kappa shape index (κ3) is 4.62. The molecule has 1 aromatic carbocycles. The summed E-state index contributed by atoms with van der Waals surface area (Å²) in [4.78, 5) is 25.3. The summed E-state index contributed by atoms with van der Waals surface area (Å²) < 4.78 is 0. The molecule has 1 aromatic rings. The van der Waals surface area contributed by atoms with E-state index in [-0.39, 0.29) is 11.9 Å². The number of hydrogen-bond donors (Lipinski definition) is 2. The minimum atomic E-state index is -0.212. The van der Waals surface area contributed by atoms with Crippen molar-refractivity contribution < 1.29 is 9.59 Å². The van der Waals surface area contributed by atoms with E-state index in [2.05, 4.69) is 17.2 Å². The van der Waals surface area contributed by atoms with E-state index < -0.39 is 0 Å². The molecule has 1 heterocycles. The van der Waals surface area contributed by atoms with Crippen LogP contribution in [0, 0.1) is 12.8 Å². The van der Waals surface area contributed by atoms with Gasteiger partial charge in [0, 0.05) is 25.3 Å². The summed E-state index contributed by atoms with van der Waals surface area (Å²) in [6, 6.07) is 7.45. The molecule has 22 heavy (non-hydrogen) atoms. The van der Waals surface area contributed by atoms with Crippen molar-refractivity contribution >= 4 is 17.6 Å². The zero-order valence-corrected chi connectivity index (χ0v) is 13.0. The van der Waals surface area contributed by atoms with Crippen molar-refractivity contribution in [2.24, 2.45) is 5.92 Å². The van der Waals surface area contributed by atoms with Crippen LogP contribution in [0.3, 0.4) is 0 Å². The number of nitrogens with one attached hydrogen (secondary N) is 2. The fraction of sp³-hybridized carbons (Fsp3) is 0.412. The van der Waals surface area contributed by atoms with Gasteiger partial charge in [0.2, 0.25) is 5.91 Å².